The quantitative estimate of drug-likeness (QED) is 0.145. The largest absolute Gasteiger partial charge is 0.504 e. The van der Waals surface area contributed by atoms with E-state index in [1.165, 1.54) is 0 Å². The third-order valence-corrected chi connectivity index (χ3v) is 7.98. The van der Waals surface area contributed by atoms with Gasteiger partial charge < -0.3 is 30.6 Å². The minimum Gasteiger partial charge on any atom is -0.504 e. The number of phenolic OH excluding ortho intramolecular Hbond substituents is 6. The van der Waals surface area contributed by atoms with E-state index in [4.69, 9.17) is 0 Å². The molecule has 6 heteroatoms. The van der Waals surface area contributed by atoms with Crippen molar-refractivity contribution in [3.05, 3.63) is 119 Å². The fourth-order valence-corrected chi connectivity index (χ4v) is 6.44. The van der Waals surface area contributed by atoms with Crippen molar-refractivity contribution in [1.29, 1.82) is 0 Å². The molecule has 6 nitrogen and oxygen atoms in total. The van der Waals surface area contributed by atoms with Crippen LogP contribution in [0.2, 0.25) is 0 Å². The zero-order chi connectivity index (χ0) is 27.1. The van der Waals surface area contributed by atoms with Crippen molar-refractivity contribution in [1.82, 2.24) is 0 Å². The number of hydrogen-bond acceptors (Lipinski definition) is 6. The Balaban J connectivity index is 1.85. The van der Waals surface area contributed by atoms with E-state index in [1.54, 1.807) is 48.5 Å². The molecule has 0 atom stereocenters. The van der Waals surface area contributed by atoms with E-state index in [9.17, 15) is 30.6 Å². The topological polar surface area (TPSA) is 121 Å². The summed E-state index contributed by atoms with van der Waals surface area (Å²) >= 11 is 0. The van der Waals surface area contributed by atoms with Gasteiger partial charge in [0.25, 0.3) is 0 Å². The molecule has 0 bridgehead atoms. The second kappa shape index (κ2) is 7.82. The highest BCUT2D eigenvalue weighted by atomic mass is 16.3. The number of phenols is 6. The van der Waals surface area contributed by atoms with Crippen LogP contribution in [0.3, 0.4) is 0 Å². The van der Waals surface area contributed by atoms with E-state index in [2.05, 4.69) is 0 Å². The van der Waals surface area contributed by atoms with Crippen molar-refractivity contribution in [3.8, 4) is 45.6 Å². The highest BCUT2D eigenvalue weighted by molar-refractivity contribution is 6.05. The standard InChI is InChI=1S/C33H22O6/c34-27-21-13-3-1-11-19(21)25(29(36)31(27)38)33(23-15-7-5-9-17(23)18-10-6-8-16-24(18)33)26-20-12-2-4-14-22(20)28(35)32(39)30(26)37/h1-16,34-39H. The summed E-state index contributed by atoms with van der Waals surface area (Å²) < 4.78 is 0. The highest BCUT2D eigenvalue weighted by Crippen LogP contribution is 2.65. The van der Waals surface area contributed by atoms with E-state index in [0.29, 0.717) is 32.7 Å². The first kappa shape index (κ1) is 22.8. The maximum Gasteiger partial charge on any atom is 0.201 e. The van der Waals surface area contributed by atoms with Gasteiger partial charge in [0.05, 0.1) is 5.41 Å². The predicted molar refractivity (Wildman–Crippen MR) is 149 cm³/mol. The van der Waals surface area contributed by atoms with Gasteiger partial charge in [-0.25, -0.2) is 0 Å². The van der Waals surface area contributed by atoms with Gasteiger partial charge in [-0.1, -0.05) is 97.1 Å². The van der Waals surface area contributed by atoms with Crippen molar-refractivity contribution < 1.29 is 30.6 Å². The Morgan fingerprint density at radius 2 is 0.667 bits per heavy atom. The summed E-state index contributed by atoms with van der Waals surface area (Å²) in [6, 6.07) is 28.8. The molecule has 39 heavy (non-hydrogen) atoms. The van der Waals surface area contributed by atoms with Gasteiger partial charge in [-0.15, -0.1) is 0 Å². The molecule has 0 fully saturated rings. The van der Waals surface area contributed by atoms with Crippen LogP contribution < -0.4 is 0 Å². The van der Waals surface area contributed by atoms with Crippen molar-refractivity contribution in [2.45, 2.75) is 5.41 Å². The number of benzene rings is 6. The fourth-order valence-electron chi connectivity index (χ4n) is 6.44. The summed E-state index contributed by atoms with van der Waals surface area (Å²) in [6.45, 7) is 0. The van der Waals surface area contributed by atoms with E-state index >= 15 is 0 Å². The Morgan fingerprint density at radius 3 is 1.08 bits per heavy atom. The molecule has 6 aromatic carbocycles. The molecule has 0 radical (unpaired) electrons. The Bertz CT molecular complexity index is 1850. The summed E-state index contributed by atoms with van der Waals surface area (Å²) in [5.41, 5.74) is 1.98. The van der Waals surface area contributed by atoms with Crippen molar-refractivity contribution in [2.24, 2.45) is 0 Å². The van der Waals surface area contributed by atoms with Gasteiger partial charge in [0.1, 0.15) is 0 Å². The van der Waals surface area contributed by atoms with E-state index in [1.807, 2.05) is 48.5 Å². The van der Waals surface area contributed by atoms with Crippen LogP contribution in [0.25, 0.3) is 32.7 Å². The van der Waals surface area contributed by atoms with Crippen LogP contribution in [0.5, 0.6) is 34.5 Å². The lowest BCUT2D eigenvalue weighted by Crippen LogP contribution is -2.29. The van der Waals surface area contributed by atoms with Gasteiger partial charge in [0, 0.05) is 21.9 Å². The Morgan fingerprint density at radius 1 is 0.333 bits per heavy atom. The zero-order valence-electron chi connectivity index (χ0n) is 20.4. The number of fused-ring (bicyclic) bond motifs is 5. The number of hydrogen-bond donors (Lipinski definition) is 6. The smallest absolute Gasteiger partial charge is 0.201 e. The lowest BCUT2D eigenvalue weighted by atomic mass is 9.64. The molecule has 0 unspecified atom stereocenters. The lowest BCUT2D eigenvalue weighted by Gasteiger charge is -2.37. The third-order valence-electron chi connectivity index (χ3n) is 7.98. The molecular weight excluding hydrogens is 492 g/mol. The van der Waals surface area contributed by atoms with Crippen molar-refractivity contribution >= 4 is 21.5 Å². The summed E-state index contributed by atoms with van der Waals surface area (Å²) in [4.78, 5) is 0. The van der Waals surface area contributed by atoms with Crippen LogP contribution in [0.15, 0.2) is 97.1 Å². The molecule has 0 aromatic heterocycles. The molecule has 1 aliphatic carbocycles. The maximum absolute atomic E-state index is 11.7. The summed E-state index contributed by atoms with van der Waals surface area (Å²) in [7, 11) is 0. The van der Waals surface area contributed by atoms with Gasteiger partial charge in [0.2, 0.25) is 11.5 Å². The molecular formula is C33H22O6. The Hall–Kier alpha value is -5.36. The summed E-state index contributed by atoms with van der Waals surface area (Å²) in [6.07, 6.45) is 0. The second-order valence-corrected chi connectivity index (χ2v) is 9.77. The first-order valence-corrected chi connectivity index (χ1v) is 12.4. The lowest BCUT2D eigenvalue weighted by molar-refractivity contribution is 0.361. The van der Waals surface area contributed by atoms with E-state index in [-0.39, 0.29) is 11.1 Å². The normalized spacial score (nSPS) is 13.4. The molecule has 190 valence electrons. The molecule has 0 spiro atoms. The fraction of sp³-hybridized carbons (Fsp3) is 0.0303. The van der Waals surface area contributed by atoms with Gasteiger partial charge in [-0.3, -0.25) is 0 Å². The first-order chi connectivity index (χ1) is 18.9. The van der Waals surface area contributed by atoms with E-state index < -0.39 is 39.9 Å². The first-order valence-electron chi connectivity index (χ1n) is 12.4. The molecule has 7 rings (SSSR count). The molecule has 0 amide bonds. The van der Waals surface area contributed by atoms with Gasteiger partial charge in [-0.2, -0.15) is 0 Å². The minimum atomic E-state index is -1.49. The molecule has 0 heterocycles. The Labute approximate surface area is 222 Å². The third kappa shape index (κ3) is 2.69. The number of aromatic hydroxyl groups is 6. The second-order valence-electron chi connectivity index (χ2n) is 9.77. The van der Waals surface area contributed by atoms with Crippen LogP contribution >= 0.6 is 0 Å². The molecule has 1 aliphatic rings. The SMILES string of the molecule is Oc1c(O)c(C2(c3c(O)c(O)c(O)c4ccccc34)c3ccccc3-c3ccccc32)c2ccccc2c1O. The predicted octanol–water partition coefficient (Wildman–Crippen LogP) is 6.59. The average Bonchev–Trinajstić information content (AvgIpc) is 3.26. The molecule has 0 aliphatic heterocycles. The molecule has 6 aromatic rings. The van der Waals surface area contributed by atoms with Crippen LogP contribution in [0, 0.1) is 0 Å². The average molecular weight is 515 g/mol. The van der Waals surface area contributed by atoms with Crippen LogP contribution in [0.4, 0.5) is 0 Å². The highest BCUT2D eigenvalue weighted by Gasteiger charge is 2.52. The van der Waals surface area contributed by atoms with Crippen molar-refractivity contribution in [2.75, 3.05) is 0 Å². The monoisotopic (exact) mass is 514 g/mol. The Kier molecular flexibility index (Phi) is 4.57. The molecule has 0 saturated carbocycles. The van der Waals surface area contributed by atoms with Gasteiger partial charge >= 0.3 is 0 Å². The van der Waals surface area contributed by atoms with Gasteiger partial charge in [0.15, 0.2) is 23.0 Å². The maximum atomic E-state index is 11.7. The number of rotatable bonds is 2. The zero-order valence-corrected chi connectivity index (χ0v) is 20.4. The summed E-state index contributed by atoms with van der Waals surface area (Å²) in [5.74, 6) is -3.45. The van der Waals surface area contributed by atoms with Crippen molar-refractivity contribution in [3.63, 3.8) is 0 Å². The molecule has 6 N–H and O–H groups in total. The minimum absolute atomic E-state index is 0.219. The van der Waals surface area contributed by atoms with E-state index in [0.717, 1.165) is 11.1 Å². The van der Waals surface area contributed by atoms with Crippen LogP contribution in [0.1, 0.15) is 22.3 Å². The van der Waals surface area contributed by atoms with Crippen LogP contribution in [-0.2, 0) is 5.41 Å². The van der Waals surface area contributed by atoms with Crippen LogP contribution in [-0.4, -0.2) is 30.6 Å². The van der Waals surface area contributed by atoms with Gasteiger partial charge in [-0.05, 0) is 33.0 Å². The summed E-state index contributed by atoms with van der Waals surface area (Å²) in [5, 5.41) is 68.6. The molecule has 0 saturated heterocycles.